The first-order valence-electron chi connectivity index (χ1n) is 12.4. The molecule has 6 rings (SSSR count). The van der Waals surface area contributed by atoms with Crippen LogP contribution in [0, 0.1) is 22.7 Å². The molecule has 30 heavy (non-hydrogen) atoms. The van der Waals surface area contributed by atoms with Gasteiger partial charge in [-0.05, 0) is 99.4 Å². The summed E-state index contributed by atoms with van der Waals surface area (Å²) in [7, 11) is 0. The van der Waals surface area contributed by atoms with Crippen molar-refractivity contribution in [3.8, 4) is 0 Å². The quantitative estimate of drug-likeness (QED) is 0.661. The van der Waals surface area contributed by atoms with E-state index in [1.807, 2.05) is 0 Å². The van der Waals surface area contributed by atoms with Crippen molar-refractivity contribution >= 4 is 5.91 Å². The molecule has 2 unspecified atom stereocenters. The van der Waals surface area contributed by atoms with E-state index < -0.39 is 0 Å². The van der Waals surface area contributed by atoms with Crippen molar-refractivity contribution in [2.75, 3.05) is 13.2 Å². The van der Waals surface area contributed by atoms with Gasteiger partial charge in [-0.3, -0.25) is 4.79 Å². The summed E-state index contributed by atoms with van der Waals surface area (Å²) in [4.78, 5) is 13.9. The van der Waals surface area contributed by atoms with Gasteiger partial charge in [-0.1, -0.05) is 37.3 Å². The van der Waals surface area contributed by atoms with Gasteiger partial charge >= 0.3 is 0 Å². The monoisotopic (exact) mass is 409 g/mol. The number of rotatable bonds is 6. The summed E-state index contributed by atoms with van der Waals surface area (Å²) in [6.45, 7) is 6.03. The average molecular weight is 410 g/mol. The van der Waals surface area contributed by atoms with Crippen molar-refractivity contribution in [1.82, 2.24) is 5.32 Å². The van der Waals surface area contributed by atoms with Crippen LogP contribution in [0.1, 0.15) is 83.6 Å². The molecule has 3 heteroatoms. The number of carbonyl (C=O) groups is 1. The summed E-state index contributed by atoms with van der Waals surface area (Å²) in [6, 6.07) is 11.5. The summed E-state index contributed by atoms with van der Waals surface area (Å²) in [5.74, 6) is 1.83. The predicted octanol–water partition coefficient (Wildman–Crippen LogP) is 5.63. The molecule has 3 nitrogen and oxygen atoms in total. The number of carbonyl (C=O) groups excluding carboxylic acids is 1. The van der Waals surface area contributed by atoms with Crippen LogP contribution >= 0.6 is 0 Å². The van der Waals surface area contributed by atoms with Crippen molar-refractivity contribution in [3.63, 3.8) is 0 Å². The van der Waals surface area contributed by atoms with Gasteiger partial charge < -0.3 is 10.1 Å². The molecule has 0 heterocycles. The zero-order valence-electron chi connectivity index (χ0n) is 18.9. The number of benzene rings is 1. The fraction of sp³-hybridized carbons (Fsp3) is 0.741. The minimum atomic E-state index is -0.199. The zero-order valence-corrected chi connectivity index (χ0v) is 18.9. The Morgan fingerprint density at radius 2 is 1.80 bits per heavy atom. The molecule has 1 amide bonds. The van der Waals surface area contributed by atoms with E-state index >= 15 is 0 Å². The highest BCUT2D eigenvalue weighted by Crippen LogP contribution is 2.70. The van der Waals surface area contributed by atoms with Gasteiger partial charge in [0.25, 0.3) is 0 Å². The third kappa shape index (κ3) is 3.51. The van der Waals surface area contributed by atoms with E-state index in [2.05, 4.69) is 49.5 Å². The van der Waals surface area contributed by atoms with Crippen LogP contribution in [0.25, 0.3) is 0 Å². The van der Waals surface area contributed by atoms with E-state index in [1.165, 1.54) is 37.7 Å². The second kappa shape index (κ2) is 7.65. The van der Waals surface area contributed by atoms with Crippen molar-refractivity contribution in [2.45, 2.75) is 89.5 Å². The van der Waals surface area contributed by atoms with E-state index in [1.54, 1.807) is 0 Å². The fourth-order valence-electron chi connectivity index (χ4n) is 8.23. The number of nitrogens with one attached hydrogen (secondary N) is 1. The summed E-state index contributed by atoms with van der Waals surface area (Å²) in [5, 5.41) is 3.56. The van der Waals surface area contributed by atoms with Crippen LogP contribution in [0.2, 0.25) is 0 Å². The first-order valence-corrected chi connectivity index (χ1v) is 12.4. The SMILES string of the molecule is CCOC[C@]12CC3CC(C(=O)NC4CCC(C)CC4)(C1)C[C@@](c1ccccc1)(C3)C2. The molecule has 5 aliphatic rings. The summed E-state index contributed by atoms with van der Waals surface area (Å²) in [5.41, 5.74) is 1.58. The molecule has 5 aliphatic carbocycles. The normalized spacial score (nSPS) is 42.3. The number of amides is 1. The van der Waals surface area contributed by atoms with Gasteiger partial charge in [0.2, 0.25) is 5.91 Å². The number of ether oxygens (including phenoxy) is 1. The van der Waals surface area contributed by atoms with E-state index in [-0.39, 0.29) is 16.2 Å². The predicted molar refractivity (Wildman–Crippen MR) is 120 cm³/mol. The smallest absolute Gasteiger partial charge is 0.226 e. The van der Waals surface area contributed by atoms with Crippen molar-refractivity contribution in [1.29, 1.82) is 0 Å². The van der Waals surface area contributed by atoms with E-state index in [0.29, 0.717) is 17.9 Å². The maximum Gasteiger partial charge on any atom is 0.226 e. The Hall–Kier alpha value is -1.35. The largest absolute Gasteiger partial charge is 0.381 e. The maximum absolute atomic E-state index is 13.9. The van der Waals surface area contributed by atoms with Gasteiger partial charge in [0.15, 0.2) is 0 Å². The van der Waals surface area contributed by atoms with E-state index in [9.17, 15) is 4.79 Å². The maximum atomic E-state index is 13.9. The van der Waals surface area contributed by atoms with Gasteiger partial charge in [-0.15, -0.1) is 0 Å². The summed E-state index contributed by atoms with van der Waals surface area (Å²) < 4.78 is 6.05. The first-order chi connectivity index (χ1) is 14.5. The van der Waals surface area contributed by atoms with Crippen molar-refractivity contribution < 1.29 is 9.53 Å². The first kappa shape index (κ1) is 20.5. The molecule has 0 aliphatic heterocycles. The molecule has 1 aromatic rings. The van der Waals surface area contributed by atoms with Crippen LogP contribution in [-0.2, 0) is 14.9 Å². The molecule has 5 fully saturated rings. The van der Waals surface area contributed by atoms with Crippen LogP contribution in [0.4, 0.5) is 0 Å². The second-order valence-electron chi connectivity index (χ2n) is 11.5. The standard InChI is InChI=1S/C27H39NO2/c1-3-30-19-25-13-21-14-26(16-25,22-7-5-4-6-8-22)18-27(15-21,17-25)24(29)28-23-11-9-20(2)10-12-23/h4-8,20-21,23H,3,9-19H2,1-2H3,(H,28,29)/t20?,21?,23?,25-,26+,27?/m0/s1. The Labute approximate surface area is 182 Å². The van der Waals surface area contributed by atoms with Crippen LogP contribution in [0.15, 0.2) is 30.3 Å². The zero-order chi connectivity index (χ0) is 20.8. The molecule has 4 atom stereocenters. The van der Waals surface area contributed by atoms with Gasteiger partial charge in [0.1, 0.15) is 0 Å². The Balaban J connectivity index is 1.45. The van der Waals surface area contributed by atoms with Crippen molar-refractivity contribution in [2.24, 2.45) is 22.7 Å². The number of hydrogen-bond donors (Lipinski definition) is 1. The minimum Gasteiger partial charge on any atom is -0.381 e. The molecular weight excluding hydrogens is 370 g/mol. The van der Waals surface area contributed by atoms with Crippen LogP contribution in [-0.4, -0.2) is 25.2 Å². The molecule has 0 spiro atoms. The molecule has 1 N–H and O–H groups in total. The molecule has 0 saturated heterocycles. The highest BCUT2D eigenvalue weighted by Gasteiger charge is 2.66. The number of hydrogen-bond acceptors (Lipinski definition) is 2. The van der Waals surface area contributed by atoms with Gasteiger partial charge in [0, 0.05) is 12.6 Å². The Morgan fingerprint density at radius 1 is 1.03 bits per heavy atom. The Bertz CT molecular complexity index is 770. The van der Waals surface area contributed by atoms with Gasteiger partial charge in [-0.2, -0.15) is 0 Å². The topological polar surface area (TPSA) is 38.3 Å². The lowest BCUT2D eigenvalue weighted by Crippen LogP contribution is -2.64. The third-order valence-corrected chi connectivity index (χ3v) is 9.02. The molecule has 1 aromatic carbocycles. The minimum absolute atomic E-state index is 0.149. The van der Waals surface area contributed by atoms with Crippen molar-refractivity contribution in [3.05, 3.63) is 35.9 Å². The molecule has 164 valence electrons. The van der Waals surface area contributed by atoms with Crippen LogP contribution < -0.4 is 5.32 Å². The lowest BCUT2D eigenvalue weighted by Gasteiger charge is -2.66. The highest BCUT2D eigenvalue weighted by molar-refractivity contribution is 5.84. The molecule has 4 bridgehead atoms. The van der Waals surface area contributed by atoms with Crippen LogP contribution in [0.5, 0.6) is 0 Å². The molecule has 0 aromatic heterocycles. The third-order valence-electron chi connectivity index (χ3n) is 9.02. The Morgan fingerprint density at radius 3 is 2.53 bits per heavy atom. The van der Waals surface area contributed by atoms with E-state index in [4.69, 9.17) is 4.74 Å². The summed E-state index contributed by atoms with van der Waals surface area (Å²) >= 11 is 0. The van der Waals surface area contributed by atoms with Gasteiger partial charge in [-0.25, -0.2) is 0 Å². The lowest BCUT2D eigenvalue weighted by molar-refractivity contribution is -0.172. The second-order valence-corrected chi connectivity index (χ2v) is 11.5. The van der Waals surface area contributed by atoms with E-state index in [0.717, 1.165) is 51.2 Å². The fourth-order valence-corrected chi connectivity index (χ4v) is 8.23. The molecule has 0 radical (unpaired) electrons. The van der Waals surface area contributed by atoms with Crippen LogP contribution in [0.3, 0.4) is 0 Å². The lowest BCUT2D eigenvalue weighted by atomic mass is 9.38. The molecule has 5 saturated carbocycles. The average Bonchev–Trinajstić information content (AvgIpc) is 2.74. The molecular formula is C27H39NO2. The summed E-state index contributed by atoms with van der Waals surface area (Å²) in [6.07, 6.45) is 11.6. The van der Waals surface area contributed by atoms with Gasteiger partial charge in [0.05, 0.1) is 12.0 Å². The Kier molecular flexibility index (Phi) is 5.24. The highest BCUT2D eigenvalue weighted by atomic mass is 16.5.